The van der Waals surface area contributed by atoms with Gasteiger partial charge in [-0.3, -0.25) is 0 Å². The second-order valence-electron chi connectivity index (χ2n) is 6.24. The van der Waals surface area contributed by atoms with E-state index in [4.69, 9.17) is 13.8 Å². The third-order valence-corrected chi connectivity index (χ3v) is 5.25. The van der Waals surface area contributed by atoms with Crippen LogP contribution in [0.25, 0.3) is 11.1 Å². The minimum Gasteiger partial charge on any atom is -0.496 e. The molecule has 1 aliphatic heterocycles. The molecule has 28 heavy (non-hydrogen) atoms. The van der Waals surface area contributed by atoms with Crippen LogP contribution in [0, 0.1) is 12.7 Å². The maximum Gasteiger partial charge on any atom is 0.339 e. The average Bonchev–Trinajstić information content (AvgIpc) is 3.03. The third kappa shape index (κ3) is 3.92. The summed E-state index contributed by atoms with van der Waals surface area (Å²) in [6.45, 7) is 3.83. The molecule has 148 valence electrons. The largest absolute Gasteiger partial charge is 0.496 e. The van der Waals surface area contributed by atoms with Crippen LogP contribution in [-0.4, -0.2) is 26.3 Å². The molecule has 1 aliphatic rings. The first-order valence-electron chi connectivity index (χ1n) is 8.77. The van der Waals surface area contributed by atoms with E-state index in [1.807, 2.05) is 32.0 Å². The number of aryl methyl sites for hydroxylation is 1. The van der Waals surface area contributed by atoms with Gasteiger partial charge in [0, 0.05) is 5.57 Å². The Hall–Kier alpha value is -2.35. The number of hydrogen-bond donors (Lipinski definition) is 0. The zero-order chi connectivity index (χ0) is 20.3. The lowest BCUT2D eigenvalue weighted by molar-refractivity contribution is -0.160. The lowest BCUT2D eigenvalue weighted by Crippen LogP contribution is -2.09. The fraction of sp³-hybridized carbons (Fsp3) is 0.286. The van der Waals surface area contributed by atoms with Crippen molar-refractivity contribution in [1.82, 2.24) is 0 Å². The van der Waals surface area contributed by atoms with Crippen molar-refractivity contribution in [3.05, 3.63) is 58.9 Å². The summed E-state index contributed by atoms with van der Waals surface area (Å²) in [5.41, 5.74) is 3.34. The van der Waals surface area contributed by atoms with Gasteiger partial charge in [-0.1, -0.05) is 19.1 Å². The number of rotatable bonds is 7. The van der Waals surface area contributed by atoms with Gasteiger partial charge in [-0.05, 0) is 54.3 Å². The normalized spacial score (nSPS) is 16.5. The fourth-order valence-corrected chi connectivity index (χ4v) is 3.65. The highest BCUT2D eigenvalue weighted by Crippen LogP contribution is 2.40. The van der Waals surface area contributed by atoms with E-state index in [-0.39, 0.29) is 4.90 Å². The van der Waals surface area contributed by atoms with Crippen molar-refractivity contribution in [2.45, 2.75) is 31.3 Å². The molecule has 0 spiro atoms. The molecule has 0 saturated heterocycles. The summed E-state index contributed by atoms with van der Waals surface area (Å²) >= 11 is 0.783. The van der Waals surface area contributed by atoms with Crippen LogP contribution >= 0.6 is 12.0 Å². The van der Waals surface area contributed by atoms with Crippen LogP contribution in [0.3, 0.4) is 0 Å². The Bertz CT molecular complexity index is 925. The molecule has 0 N–H and O–H groups in total. The Morgan fingerprint density at radius 2 is 1.89 bits per heavy atom. The number of ether oxygens (including phenoxy) is 2. The zero-order valence-electron chi connectivity index (χ0n) is 16.1. The standard InChI is InChI=1S/C21H21FO5S/c1-5-16-19(14-7-9-18(15(22)11-14)28-27-25-4)20(21(23)26-16)13-6-8-17(24-3)12(2)10-13/h6-11,16H,5H2,1-4H3. The number of hydrogen-bond acceptors (Lipinski definition) is 6. The predicted octanol–water partition coefficient (Wildman–Crippen LogP) is 4.97. The summed E-state index contributed by atoms with van der Waals surface area (Å²) in [5.74, 6) is -0.144. The molecule has 2 aromatic rings. The summed E-state index contributed by atoms with van der Waals surface area (Å²) in [5, 5.41) is 0. The predicted molar refractivity (Wildman–Crippen MR) is 105 cm³/mol. The van der Waals surface area contributed by atoms with Gasteiger partial charge in [0.25, 0.3) is 0 Å². The van der Waals surface area contributed by atoms with Gasteiger partial charge in [-0.2, -0.15) is 4.33 Å². The van der Waals surface area contributed by atoms with E-state index in [0.717, 1.165) is 28.9 Å². The molecule has 5 nitrogen and oxygen atoms in total. The van der Waals surface area contributed by atoms with Crippen molar-refractivity contribution in [3.8, 4) is 5.75 Å². The van der Waals surface area contributed by atoms with E-state index in [2.05, 4.69) is 4.89 Å². The number of cyclic esters (lactones) is 1. The van der Waals surface area contributed by atoms with Gasteiger partial charge in [-0.25, -0.2) is 14.1 Å². The summed E-state index contributed by atoms with van der Waals surface area (Å²) < 4.78 is 30.1. The van der Waals surface area contributed by atoms with Gasteiger partial charge in [0.05, 0.1) is 36.7 Å². The zero-order valence-corrected chi connectivity index (χ0v) is 16.9. The Kier molecular flexibility index (Phi) is 6.39. The van der Waals surface area contributed by atoms with E-state index in [9.17, 15) is 9.18 Å². The number of benzene rings is 2. The van der Waals surface area contributed by atoms with Crippen LogP contribution in [0.2, 0.25) is 0 Å². The topological polar surface area (TPSA) is 54.0 Å². The van der Waals surface area contributed by atoms with E-state index >= 15 is 0 Å². The maximum absolute atomic E-state index is 14.5. The Morgan fingerprint density at radius 1 is 1.14 bits per heavy atom. The second kappa shape index (κ2) is 8.77. The molecule has 1 unspecified atom stereocenters. The van der Waals surface area contributed by atoms with Crippen molar-refractivity contribution in [2.24, 2.45) is 0 Å². The molecular weight excluding hydrogens is 383 g/mol. The molecule has 0 saturated carbocycles. The van der Waals surface area contributed by atoms with Crippen molar-refractivity contribution in [1.29, 1.82) is 0 Å². The summed E-state index contributed by atoms with van der Waals surface area (Å²) in [4.78, 5) is 17.4. The van der Waals surface area contributed by atoms with Crippen LogP contribution in [-0.2, 0) is 18.8 Å². The highest BCUT2D eigenvalue weighted by Gasteiger charge is 2.35. The number of methoxy groups -OCH3 is 1. The molecule has 0 fully saturated rings. The molecule has 0 radical (unpaired) electrons. The first kappa shape index (κ1) is 20.4. The summed E-state index contributed by atoms with van der Waals surface area (Å²) in [6.07, 6.45) is 0.156. The monoisotopic (exact) mass is 404 g/mol. The van der Waals surface area contributed by atoms with Crippen molar-refractivity contribution in [3.63, 3.8) is 0 Å². The van der Waals surface area contributed by atoms with Gasteiger partial charge >= 0.3 is 5.97 Å². The van der Waals surface area contributed by atoms with Crippen LogP contribution < -0.4 is 4.74 Å². The fourth-order valence-electron chi connectivity index (χ4n) is 3.25. The molecule has 0 aliphatic carbocycles. The SMILES string of the molecule is CCC1OC(=O)C(c2ccc(OC)c(C)c2)=C1c1ccc(SOOC)c(F)c1. The highest BCUT2D eigenvalue weighted by atomic mass is 32.2. The van der Waals surface area contributed by atoms with Gasteiger partial charge in [0.2, 0.25) is 0 Å². The van der Waals surface area contributed by atoms with E-state index in [1.165, 1.54) is 13.2 Å². The van der Waals surface area contributed by atoms with Crippen molar-refractivity contribution >= 4 is 29.2 Å². The first-order chi connectivity index (χ1) is 13.5. The van der Waals surface area contributed by atoms with Crippen molar-refractivity contribution in [2.75, 3.05) is 14.2 Å². The van der Waals surface area contributed by atoms with Crippen LogP contribution in [0.5, 0.6) is 5.75 Å². The number of halogens is 1. The summed E-state index contributed by atoms with van der Waals surface area (Å²) in [7, 11) is 2.94. The highest BCUT2D eigenvalue weighted by molar-refractivity contribution is 7.94. The van der Waals surface area contributed by atoms with E-state index in [0.29, 0.717) is 23.1 Å². The molecule has 0 amide bonds. The smallest absolute Gasteiger partial charge is 0.339 e. The average molecular weight is 404 g/mol. The number of carbonyl (C=O) groups is 1. The third-order valence-electron chi connectivity index (χ3n) is 4.53. The lowest BCUT2D eigenvalue weighted by Gasteiger charge is -2.13. The number of esters is 1. The molecule has 0 bridgehead atoms. The quantitative estimate of drug-likeness (QED) is 0.281. The molecule has 3 rings (SSSR count). The first-order valence-corrected chi connectivity index (χ1v) is 9.51. The summed E-state index contributed by atoms with van der Waals surface area (Å²) in [6, 6.07) is 10.2. The molecule has 7 heteroatoms. The van der Waals surface area contributed by atoms with Gasteiger partial charge in [0.15, 0.2) is 0 Å². The van der Waals surface area contributed by atoms with Gasteiger partial charge in [-0.15, -0.1) is 0 Å². The minimum absolute atomic E-state index is 0.284. The van der Waals surface area contributed by atoms with E-state index in [1.54, 1.807) is 19.2 Å². The Labute approximate surface area is 167 Å². The Balaban J connectivity index is 2.11. The number of carbonyl (C=O) groups excluding carboxylic acids is 1. The van der Waals surface area contributed by atoms with Crippen LogP contribution in [0.1, 0.15) is 30.0 Å². The molecular formula is C21H21FO5S. The minimum atomic E-state index is -0.466. The van der Waals surface area contributed by atoms with Crippen molar-refractivity contribution < 1.29 is 27.9 Å². The Morgan fingerprint density at radius 3 is 2.50 bits per heavy atom. The van der Waals surface area contributed by atoms with E-state index < -0.39 is 17.9 Å². The lowest BCUT2D eigenvalue weighted by atomic mass is 9.91. The molecule has 0 aromatic heterocycles. The van der Waals surface area contributed by atoms with Crippen LogP contribution in [0.4, 0.5) is 4.39 Å². The molecule has 2 aromatic carbocycles. The molecule has 1 heterocycles. The second-order valence-corrected chi connectivity index (χ2v) is 6.98. The molecule has 1 atom stereocenters. The van der Waals surface area contributed by atoms with Crippen LogP contribution in [0.15, 0.2) is 41.3 Å². The van der Waals surface area contributed by atoms with Gasteiger partial charge < -0.3 is 9.47 Å². The maximum atomic E-state index is 14.5. The van der Waals surface area contributed by atoms with Gasteiger partial charge in [0.1, 0.15) is 17.7 Å².